The van der Waals surface area contributed by atoms with E-state index < -0.39 is 5.97 Å². The molecule has 3 aromatic rings. The number of carbonyl (C=O) groups is 1. The van der Waals surface area contributed by atoms with Crippen LogP contribution in [0.1, 0.15) is 11.1 Å². The summed E-state index contributed by atoms with van der Waals surface area (Å²) in [4.78, 5) is 19.2. The summed E-state index contributed by atoms with van der Waals surface area (Å²) < 4.78 is 0. The van der Waals surface area contributed by atoms with Gasteiger partial charge in [0.2, 0.25) is 0 Å². The average Bonchev–Trinajstić information content (AvgIpc) is 2.91. The molecule has 0 aliphatic rings. The highest BCUT2D eigenvalue weighted by atomic mass is 32.2. The van der Waals surface area contributed by atoms with Crippen LogP contribution < -0.4 is 0 Å². The Morgan fingerprint density at radius 3 is 2.59 bits per heavy atom. The number of carboxylic acids is 1. The number of aromatic nitrogens is 2. The van der Waals surface area contributed by atoms with Crippen molar-refractivity contribution in [1.82, 2.24) is 9.97 Å². The van der Waals surface area contributed by atoms with Crippen LogP contribution in [0, 0.1) is 6.92 Å². The second-order valence-electron chi connectivity index (χ2n) is 4.89. The molecule has 0 atom stereocenters. The first-order chi connectivity index (χ1) is 10.6. The Morgan fingerprint density at radius 2 is 1.91 bits per heavy atom. The van der Waals surface area contributed by atoms with Crippen LogP contribution in [0.5, 0.6) is 0 Å². The van der Waals surface area contributed by atoms with Crippen molar-refractivity contribution in [1.29, 1.82) is 0 Å². The standard InChI is InChI=1S/C17H14N2O2S/c1-11-6-8-12(9-7-11)10-15(16(20)21)22-17-18-13-4-2-3-5-14(13)19-17/h2-10H,1H3,(H,18,19)(H,20,21)/b15-10-. The van der Waals surface area contributed by atoms with Gasteiger partial charge < -0.3 is 10.1 Å². The number of nitrogens with one attached hydrogen (secondary N) is 1. The van der Waals surface area contributed by atoms with Crippen LogP contribution in [0.15, 0.2) is 58.6 Å². The van der Waals surface area contributed by atoms with Crippen molar-refractivity contribution in [3.63, 3.8) is 0 Å². The van der Waals surface area contributed by atoms with Crippen molar-refractivity contribution >= 4 is 34.8 Å². The van der Waals surface area contributed by atoms with Crippen molar-refractivity contribution in [2.45, 2.75) is 12.1 Å². The van der Waals surface area contributed by atoms with Gasteiger partial charge in [0, 0.05) is 0 Å². The number of aryl methyl sites for hydroxylation is 1. The molecule has 0 saturated carbocycles. The highest BCUT2D eigenvalue weighted by Gasteiger charge is 2.12. The van der Waals surface area contributed by atoms with Gasteiger partial charge in [-0.3, -0.25) is 0 Å². The topological polar surface area (TPSA) is 66.0 Å². The van der Waals surface area contributed by atoms with Crippen LogP contribution in [0.3, 0.4) is 0 Å². The number of aliphatic carboxylic acids is 1. The number of aromatic amines is 1. The van der Waals surface area contributed by atoms with Crippen LogP contribution in [0.25, 0.3) is 17.1 Å². The van der Waals surface area contributed by atoms with Gasteiger partial charge in [0.05, 0.1) is 11.0 Å². The molecule has 22 heavy (non-hydrogen) atoms. The molecule has 0 aliphatic heterocycles. The Kier molecular flexibility index (Phi) is 3.98. The maximum Gasteiger partial charge on any atom is 0.342 e. The summed E-state index contributed by atoms with van der Waals surface area (Å²) in [5, 5.41) is 9.97. The Hall–Kier alpha value is -2.53. The number of nitrogens with zero attached hydrogens (tertiary/aromatic N) is 1. The van der Waals surface area contributed by atoms with Gasteiger partial charge in [-0.1, -0.05) is 42.0 Å². The van der Waals surface area contributed by atoms with Gasteiger partial charge in [0.25, 0.3) is 0 Å². The van der Waals surface area contributed by atoms with E-state index in [9.17, 15) is 9.90 Å². The summed E-state index contributed by atoms with van der Waals surface area (Å²) in [7, 11) is 0. The van der Waals surface area contributed by atoms with Gasteiger partial charge in [-0.05, 0) is 42.5 Å². The highest BCUT2D eigenvalue weighted by molar-refractivity contribution is 8.04. The Balaban J connectivity index is 1.91. The number of carboxylic acid groups (broad SMARTS) is 1. The van der Waals surface area contributed by atoms with E-state index in [4.69, 9.17) is 0 Å². The molecular weight excluding hydrogens is 296 g/mol. The molecule has 1 aromatic heterocycles. The summed E-state index contributed by atoms with van der Waals surface area (Å²) in [6, 6.07) is 15.3. The van der Waals surface area contributed by atoms with Gasteiger partial charge >= 0.3 is 5.97 Å². The van der Waals surface area contributed by atoms with Gasteiger partial charge in [-0.15, -0.1) is 0 Å². The number of thioether (sulfide) groups is 1. The lowest BCUT2D eigenvalue weighted by molar-refractivity contribution is -0.131. The minimum absolute atomic E-state index is 0.225. The maximum atomic E-state index is 11.5. The number of fused-ring (bicyclic) bond motifs is 1. The van der Waals surface area contributed by atoms with E-state index in [1.165, 1.54) is 0 Å². The largest absolute Gasteiger partial charge is 0.477 e. The van der Waals surface area contributed by atoms with E-state index in [0.29, 0.717) is 5.16 Å². The normalized spacial score (nSPS) is 11.8. The second kappa shape index (κ2) is 6.07. The van der Waals surface area contributed by atoms with Crippen LogP contribution >= 0.6 is 11.8 Å². The molecule has 0 bridgehead atoms. The Morgan fingerprint density at radius 1 is 1.18 bits per heavy atom. The van der Waals surface area contributed by atoms with Crippen molar-refractivity contribution in [2.75, 3.05) is 0 Å². The Bertz CT molecular complexity index is 817. The van der Waals surface area contributed by atoms with E-state index in [1.54, 1.807) is 6.08 Å². The van der Waals surface area contributed by atoms with Gasteiger partial charge in [-0.25, -0.2) is 9.78 Å². The summed E-state index contributed by atoms with van der Waals surface area (Å²) in [6.45, 7) is 1.99. The first-order valence-electron chi connectivity index (χ1n) is 6.76. The van der Waals surface area contributed by atoms with E-state index in [0.717, 1.165) is 33.9 Å². The number of H-pyrrole nitrogens is 1. The van der Waals surface area contributed by atoms with Crippen LogP contribution in [0.2, 0.25) is 0 Å². The summed E-state index contributed by atoms with van der Waals surface area (Å²) in [6.07, 6.45) is 1.65. The van der Waals surface area contributed by atoms with E-state index in [2.05, 4.69) is 9.97 Å². The lowest BCUT2D eigenvalue weighted by Gasteiger charge is -2.00. The summed E-state index contributed by atoms with van der Waals surface area (Å²) >= 11 is 1.12. The fourth-order valence-corrected chi connectivity index (χ4v) is 2.83. The van der Waals surface area contributed by atoms with Gasteiger partial charge in [0.15, 0.2) is 5.16 Å². The first-order valence-corrected chi connectivity index (χ1v) is 7.58. The number of hydrogen-bond donors (Lipinski definition) is 2. The maximum absolute atomic E-state index is 11.5. The van der Waals surface area contributed by atoms with Crippen molar-refractivity contribution in [3.8, 4) is 0 Å². The molecule has 2 N–H and O–H groups in total. The molecule has 0 spiro atoms. The lowest BCUT2D eigenvalue weighted by Crippen LogP contribution is -1.97. The third-order valence-corrected chi connectivity index (χ3v) is 4.06. The first kappa shape index (κ1) is 14.4. The number of benzene rings is 2. The molecule has 0 saturated heterocycles. The third kappa shape index (κ3) is 3.20. The Labute approximate surface area is 131 Å². The summed E-state index contributed by atoms with van der Waals surface area (Å²) in [5.41, 5.74) is 3.71. The molecule has 3 rings (SSSR count). The predicted molar refractivity (Wildman–Crippen MR) is 88.7 cm³/mol. The van der Waals surface area contributed by atoms with Gasteiger partial charge in [0.1, 0.15) is 4.91 Å². The third-order valence-electron chi connectivity index (χ3n) is 3.16. The zero-order valence-electron chi connectivity index (χ0n) is 11.9. The number of rotatable bonds is 4. The SMILES string of the molecule is Cc1ccc(/C=C(\Sc2nc3ccccc3[nH]2)C(=O)O)cc1. The molecule has 2 aromatic carbocycles. The molecule has 5 heteroatoms. The number of hydrogen-bond acceptors (Lipinski definition) is 3. The van der Waals surface area contributed by atoms with Crippen LogP contribution in [-0.2, 0) is 4.79 Å². The molecule has 1 heterocycles. The monoisotopic (exact) mass is 310 g/mol. The average molecular weight is 310 g/mol. The van der Waals surface area contributed by atoms with Gasteiger partial charge in [-0.2, -0.15) is 0 Å². The molecule has 110 valence electrons. The van der Waals surface area contributed by atoms with E-state index >= 15 is 0 Å². The molecule has 4 nitrogen and oxygen atoms in total. The molecule has 0 amide bonds. The molecule has 0 fully saturated rings. The minimum Gasteiger partial charge on any atom is -0.477 e. The van der Waals surface area contributed by atoms with Crippen molar-refractivity contribution < 1.29 is 9.90 Å². The molecule has 0 radical (unpaired) electrons. The fraction of sp³-hybridized carbons (Fsp3) is 0.0588. The quantitative estimate of drug-likeness (QED) is 0.562. The number of imidazole rings is 1. The van der Waals surface area contributed by atoms with Crippen molar-refractivity contribution in [3.05, 3.63) is 64.6 Å². The van der Waals surface area contributed by atoms with E-state index in [-0.39, 0.29) is 4.91 Å². The smallest absolute Gasteiger partial charge is 0.342 e. The molecular formula is C17H14N2O2S. The highest BCUT2D eigenvalue weighted by Crippen LogP contribution is 2.28. The molecule has 0 aliphatic carbocycles. The predicted octanol–water partition coefficient (Wildman–Crippen LogP) is 4.09. The number of para-hydroxylation sites is 2. The minimum atomic E-state index is -0.967. The van der Waals surface area contributed by atoms with Crippen molar-refractivity contribution in [2.24, 2.45) is 0 Å². The molecule has 0 unspecified atom stereocenters. The van der Waals surface area contributed by atoms with E-state index in [1.807, 2.05) is 55.5 Å². The van der Waals surface area contributed by atoms with Crippen LogP contribution in [-0.4, -0.2) is 21.0 Å². The zero-order chi connectivity index (χ0) is 15.5. The van der Waals surface area contributed by atoms with Crippen LogP contribution in [0.4, 0.5) is 0 Å². The second-order valence-corrected chi connectivity index (χ2v) is 5.92. The fourth-order valence-electron chi connectivity index (χ4n) is 2.03. The summed E-state index contributed by atoms with van der Waals surface area (Å²) in [5.74, 6) is -0.967. The zero-order valence-corrected chi connectivity index (χ0v) is 12.7. The lowest BCUT2D eigenvalue weighted by atomic mass is 10.1.